The number of nitrogens with zero attached hydrogens (tertiary/aromatic N) is 1. The highest BCUT2D eigenvalue weighted by Gasteiger charge is 1.81. The maximum absolute atomic E-state index is 11.4. The smallest absolute Gasteiger partial charge is 0.101 e. The highest BCUT2D eigenvalue weighted by atomic mass is 79.9. The van der Waals surface area contributed by atoms with Crippen LogP contribution in [0.25, 0.3) is 0 Å². The van der Waals surface area contributed by atoms with Gasteiger partial charge in [0.15, 0.2) is 0 Å². The summed E-state index contributed by atoms with van der Waals surface area (Å²) in [5, 5.41) is 0. The molecule has 0 aromatic heterocycles. The van der Waals surface area contributed by atoms with Crippen LogP contribution in [-0.4, -0.2) is 13.4 Å². The Kier molecular flexibility index (Phi) is 4.85. The summed E-state index contributed by atoms with van der Waals surface area (Å²) in [6.07, 6.45) is 2.03. The number of hydrogen-bond donors (Lipinski definition) is 0. The predicted octanol–water partition coefficient (Wildman–Crippen LogP) is 2.28. The highest BCUT2D eigenvalue weighted by molar-refractivity contribution is 9.11. The molecule has 0 radical (unpaired) electrons. The van der Waals surface area contributed by atoms with Gasteiger partial charge in [0.2, 0.25) is 0 Å². The zero-order valence-corrected chi connectivity index (χ0v) is 5.99. The number of alkyl halides is 1. The van der Waals surface area contributed by atoms with Gasteiger partial charge in [0.25, 0.3) is 0 Å². The molecule has 0 aliphatic carbocycles. The number of aliphatic imine (C=N–C) groups is 1. The highest BCUT2D eigenvalue weighted by Crippen LogP contribution is 2.05. The van der Waals surface area contributed by atoms with Crippen LogP contribution in [0.1, 0.15) is 6.42 Å². The van der Waals surface area contributed by atoms with Crippen LogP contribution in [0, 0.1) is 0 Å². The Morgan fingerprint density at radius 3 is 2.88 bits per heavy atom. The van der Waals surface area contributed by atoms with Crippen LogP contribution in [0.15, 0.2) is 15.7 Å². The van der Waals surface area contributed by atoms with E-state index in [2.05, 4.69) is 27.6 Å². The van der Waals surface area contributed by atoms with E-state index in [1.807, 2.05) is 0 Å². The maximum atomic E-state index is 11.4. The van der Waals surface area contributed by atoms with Crippen LogP contribution in [-0.2, 0) is 0 Å². The van der Waals surface area contributed by atoms with Gasteiger partial charge < -0.3 is 0 Å². The second kappa shape index (κ2) is 4.97. The molecule has 0 rings (SSSR count). The number of halogens is 2. The van der Waals surface area contributed by atoms with Crippen LogP contribution in [0.3, 0.4) is 0 Å². The lowest BCUT2D eigenvalue weighted by molar-refractivity contribution is 0.501. The molecular weight excluding hydrogens is 173 g/mol. The van der Waals surface area contributed by atoms with E-state index in [9.17, 15) is 4.39 Å². The zero-order chi connectivity index (χ0) is 6.41. The lowest BCUT2D eigenvalue weighted by Crippen LogP contribution is -1.68. The molecule has 0 unspecified atom stereocenters. The Bertz CT molecular complexity index is 101. The van der Waals surface area contributed by atoms with Gasteiger partial charge in [-0.15, -0.1) is 0 Å². The molecular formula is C5H7BrFN. The van der Waals surface area contributed by atoms with Gasteiger partial charge in [0, 0.05) is 0 Å². The fourth-order valence-corrected chi connectivity index (χ4v) is 0.467. The Balaban J connectivity index is 3.40. The van der Waals surface area contributed by atoms with Crippen molar-refractivity contribution in [3.05, 3.63) is 10.7 Å². The number of allylic oxidation sites excluding steroid dienone is 1. The first-order valence-corrected chi connectivity index (χ1v) is 2.99. The van der Waals surface area contributed by atoms with Crippen molar-refractivity contribution in [1.29, 1.82) is 0 Å². The van der Waals surface area contributed by atoms with E-state index in [1.165, 1.54) is 0 Å². The molecule has 46 valence electrons. The minimum atomic E-state index is -0.343. The van der Waals surface area contributed by atoms with Crippen LogP contribution in [0.4, 0.5) is 4.39 Å². The van der Waals surface area contributed by atoms with Crippen molar-refractivity contribution in [2.24, 2.45) is 4.99 Å². The van der Waals surface area contributed by atoms with Gasteiger partial charge in [0.1, 0.15) is 4.61 Å². The Morgan fingerprint density at radius 2 is 2.50 bits per heavy atom. The summed E-state index contributed by atoms with van der Waals surface area (Å²) in [5.74, 6) is 0. The largest absolute Gasteiger partial charge is 0.257 e. The van der Waals surface area contributed by atoms with Gasteiger partial charge in [-0.05, 0) is 35.1 Å². The first-order chi connectivity index (χ1) is 3.81. The van der Waals surface area contributed by atoms with Gasteiger partial charge in [-0.1, -0.05) is 0 Å². The van der Waals surface area contributed by atoms with E-state index >= 15 is 0 Å². The monoisotopic (exact) mass is 179 g/mol. The molecule has 0 atom stereocenters. The van der Waals surface area contributed by atoms with Gasteiger partial charge in [-0.2, -0.15) is 0 Å². The minimum Gasteiger partial charge on any atom is -0.257 e. The molecule has 0 spiro atoms. The molecule has 0 aliphatic rings. The molecule has 0 aromatic rings. The van der Waals surface area contributed by atoms with Crippen LogP contribution in [0.5, 0.6) is 0 Å². The summed E-state index contributed by atoms with van der Waals surface area (Å²) in [7, 11) is 0. The standard InChI is InChI=1S/C5H7BrFN/c1-8-5(6)3-2-4-7/h3H,1-2,4H2/b5-3-. The van der Waals surface area contributed by atoms with Crippen molar-refractivity contribution in [2.45, 2.75) is 6.42 Å². The van der Waals surface area contributed by atoms with Crippen molar-refractivity contribution in [3.63, 3.8) is 0 Å². The number of rotatable bonds is 3. The van der Waals surface area contributed by atoms with E-state index in [1.54, 1.807) is 6.08 Å². The van der Waals surface area contributed by atoms with Crippen molar-refractivity contribution in [1.82, 2.24) is 0 Å². The molecule has 3 heteroatoms. The predicted molar refractivity (Wildman–Crippen MR) is 37.2 cm³/mol. The maximum Gasteiger partial charge on any atom is 0.101 e. The van der Waals surface area contributed by atoms with Gasteiger partial charge >= 0.3 is 0 Å². The number of hydrogen-bond acceptors (Lipinski definition) is 1. The van der Waals surface area contributed by atoms with Crippen molar-refractivity contribution < 1.29 is 4.39 Å². The SMILES string of the molecule is C=N/C(Br)=C\CCF. The normalized spacial score (nSPS) is 11.5. The Hall–Kier alpha value is -0.180. The van der Waals surface area contributed by atoms with E-state index in [0.717, 1.165) is 0 Å². The third-order valence-electron chi connectivity index (χ3n) is 0.573. The third kappa shape index (κ3) is 3.99. The lowest BCUT2D eigenvalue weighted by Gasteiger charge is -1.83. The summed E-state index contributed by atoms with van der Waals surface area (Å²) in [6, 6.07) is 0. The quantitative estimate of drug-likeness (QED) is 0.466. The summed E-state index contributed by atoms with van der Waals surface area (Å²) in [5.41, 5.74) is 0. The van der Waals surface area contributed by atoms with E-state index in [4.69, 9.17) is 0 Å². The van der Waals surface area contributed by atoms with Crippen molar-refractivity contribution >= 4 is 22.6 Å². The summed E-state index contributed by atoms with van der Waals surface area (Å²) >= 11 is 3.04. The summed E-state index contributed by atoms with van der Waals surface area (Å²) < 4.78 is 12.0. The topological polar surface area (TPSA) is 12.4 Å². The zero-order valence-electron chi connectivity index (χ0n) is 4.40. The van der Waals surface area contributed by atoms with E-state index in [0.29, 0.717) is 11.0 Å². The molecule has 0 heterocycles. The molecule has 1 nitrogen and oxygen atoms in total. The molecule has 8 heavy (non-hydrogen) atoms. The van der Waals surface area contributed by atoms with Crippen molar-refractivity contribution in [3.8, 4) is 0 Å². The van der Waals surface area contributed by atoms with Gasteiger partial charge in [0.05, 0.1) is 6.67 Å². The van der Waals surface area contributed by atoms with Crippen LogP contribution < -0.4 is 0 Å². The summed E-state index contributed by atoms with van der Waals surface area (Å²) in [6.45, 7) is 2.88. The molecule has 0 fully saturated rings. The fourth-order valence-electron chi connectivity index (χ4n) is 0.238. The van der Waals surface area contributed by atoms with E-state index in [-0.39, 0.29) is 6.67 Å². The fraction of sp³-hybridized carbons (Fsp3) is 0.400. The summed E-state index contributed by atoms with van der Waals surface area (Å²) in [4.78, 5) is 3.49. The molecule has 0 saturated heterocycles. The molecule has 0 N–H and O–H groups in total. The third-order valence-corrected chi connectivity index (χ3v) is 1.15. The first kappa shape index (κ1) is 7.82. The minimum absolute atomic E-state index is 0.343. The average molecular weight is 180 g/mol. The first-order valence-electron chi connectivity index (χ1n) is 2.19. The molecule has 0 aliphatic heterocycles. The second-order valence-corrected chi connectivity index (χ2v) is 1.98. The van der Waals surface area contributed by atoms with E-state index < -0.39 is 0 Å². The Labute approximate surface area is 56.4 Å². The molecule has 0 amide bonds. The van der Waals surface area contributed by atoms with Crippen LogP contribution in [0.2, 0.25) is 0 Å². The Morgan fingerprint density at radius 1 is 1.88 bits per heavy atom. The van der Waals surface area contributed by atoms with Crippen LogP contribution >= 0.6 is 15.9 Å². The second-order valence-electron chi connectivity index (χ2n) is 1.16. The van der Waals surface area contributed by atoms with Gasteiger partial charge in [-0.25, -0.2) is 0 Å². The lowest BCUT2D eigenvalue weighted by atomic mass is 10.5. The molecule has 0 bridgehead atoms. The molecule has 0 saturated carbocycles. The molecule has 0 aromatic carbocycles. The van der Waals surface area contributed by atoms with Gasteiger partial charge in [-0.3, -0.25) is 9.38 Å². The van der Waals surface area contributed by atoms with Crippen molar-refractivity contribution in [2.75, 3.05) is 6.67 Å². The average Bonchev–Trinajstić information content (AvgIpc) is 1.83.